The number of unbranched alkanes of at least 4 members (excludes halogenated alkanes) is 1. The molecule has 0 saturated carbocycles. The second-order valence-electron chi connectivity index (χ2n) is 5.21. The lowest BCUT2D eigenvalue weighted by atomic mass is 10.3. The zero-order valence-corrected chi connectivity index (χ0v) is 15.1. The Hall–Kier alpha value is -1.95. The fourth-order valence-corrected chi connectivity index (χ4v) is 2.06. The molecule has 0 amide bonds. The molecule has 0 unspecified atom stereocenters. The number of nitrogens with zero attached hydrogens (tertiary/aromatic N) is 1. The number of aliphatic imine (C=N–C) groups is 1. The van der Waals surface area contributed by atoms with Gasteiger partial charge in [-0.15, -0.1) is 0 Å². The van der Waals surface area contributed by atoms with Crippen molar-refractivity contribution < 1.29 is 14.2 Å². The molecule has 0 atom stereocenters. The lowest BCUT2D eigenvalue weighted by molar-refractivity contribution is 0.143. The van der Waals surface area contributed by atoms with Crippen molar-refractivity contribution in [2.75, 3.05) is 47.1 Å². The van der Waals surface area contributed by atoms with E-state index in [9.17, 15) is 0 Å². The van der Waals surface area contributed by atoms with Gasteiger partial charge in [0.1, 0.15) is 11.5 Å². The SMILES string of the molecule is CCOCCCCNC(=NC)NCCCOc1cccc(OC)c1. The summed E-state index contributed by atoms with van der Waals surface area (Å²) in [6.45, 7) is 5.98. The maximum absolute atomic E-state index is 5.71. The topological polar surface area (TPSA) is 64.1 Å². The second-order valence-corrected chi connectivity index (χ2v) is 5.21. The van der Waals surface area contributed by atoms with Crippen LogP contribution in [0.5, 0.6) is 11.5 Å². The monoisotopic (exact) mass is 337 g/mol. The number of rotatable bonds is 12. The van der Waals surface area contributed by atoms with Gasteiger partial charge in [-0.3, -0.25) is 4.99 Å². The predicted molar refractivity (Wildman–Crippen MR) is 98.2 cm³/mol. The van der Waals surface area contributed by atoms with E-state index < -0.39 is 0 Å². The maximum Gasteiger partial charge on any atom is 0.190 e. The molecule has 0 radical (unpaired) electrons. The molecule has 0 aromatic heterocycles. The van der Waals surface area contributed by atoms with Crippen LogP contribution >= 0.6 is 0 Å². The number of benzene rings is 1. The van der Waals surface area contributed by atoms with Crippen LogP contribution in [-0.2, 0) is 4.74 Å². The van der Waals surface area contributed by atoms with Crippen molar-refractivity contribution in [2.24, 2.45) is 4.99 Å². The van der Waals surface area contributed by atoms with Gasteiger partial charge in [0.2, 0.25) is 0 Å². The quantitative estimate of drug-likeness (QED) is 0.348. The van der Waals surface area contributed by atoms with Gasteiger partial charge in [0.25, 0.3) is 0 Å². The third-order valence-electron chi connectivity index (χ3n) is 3.36. The van der Waals surface area contributed by atoms with Gasteiger partial charge in [0, 0.05) is 39.4 Å². The van der Waals surface area contributed by atoms with Crippen LogP contribution in [0.2, 0.25) is 0 Å². The standard InChI is InChI=1S/C18H31N3O3/c1-4-23-13-6-5-11-20-18(19-2)21-12-8-14-24-17-10-7-9-16(15-17)22-3/h7,9-10,15H,4-6,8,11-14H2,1-3H3,(H2,19,20,21). The molecule has 0 spiro atoms. The van der Waals surface area contributed by atoms with Crippen molar-refractivity contribution in [2.45, 2.75) is 26.2 Å². The summed E-state index contributed by atoms with van der Waals surface area (Å²) in [7, 11) is 3.43. The molecule has 0 bridgehead atoms. The average molecular weight is 337 g/mol. The average Bonchev–Trinajstić information content (AvgIpc) is 2.62. The Kier molecular flexibility index (Phi) is 11.3. The fourth-order valence-electron chi connectivity index (χ4n) is 2.06. The summed E-state index contributed by atoms with van der Waals surface area (Å²) in [4.78, 5) is 4.21. The van der Waals surface area contributed by atoms with Gasteiger partial charge in [-0.25, -0.2) is 0 Å². The molecule has 6 nitrogen and oxygen atoms in total. The van der Waals surface area contributed by atoms with Crippen molar-refractivity contribution >= 4 is 5.96 Å². The summed E-state index contributed by atoms with van der Waals surface area (Å²) in [5.74, 6) is 2.46. The molecule has 24 heavy (non-hydrogen) atoms. The van der Waals surface area contributed by atoms with Crippen LogP contribution < -0.4 is 20.1 Å². The minimum atomic E-state index is 0.644. The second kappa shape index (κ2) is 13.5. The minimum Gasteiger partial charge on any atom is -0.497 e. The Morgan fingerprint density at radius 3 is 2.50 bits per heavy atom. The highest BCUT2D eigenvalue weighted by atomic mass is 16.5. The summed E-state index contributed by atoms with van der Waals surface area (Å²) < 4.78 is 16.2. The highest BCUT2D eigenvalue weighted by molar-refractivity contribution is 5.79. The maximum atomic E-state index is 5.71. The van der Waals surface area contributed by atoms with Gasteiger partial charge in [-0.05, 0) is 38.3 Å². The molecule has 0 saturated heterocycles. The van der Waals surface area contributed by atoms with Crippen LogP contribution in [0.3, 0.4) is 0 Å². The zero-order chi connectivity index (χ0) is 17.5. The number of nitrogens with one attached hydrogen (secondary N) is 2. The van der Waals surface area contributed by atoms with E-state index >= 15 is 0 Å². The van der Waals surface area contributed by atoms with E-state index in [1.54, 1.807) is 14.2 Å². The first-order chi connectivity index (χ1) is 11.8. The number of ether oxygens (including phenoxy) is 3. The van der Waals surface area contributed by atoms with Crippen molar-refractivity contribution in [1.82, 2.24) is 10.6 Å². The number of methoxy groups -OCH3 is 1. The lowest BCUT2D eigenvalue weighted by Crippen LogP contribution is -2.38. The van der Waals surface area contributed by atoms with Crippen molar-refractivity contribution in [3.8, 4) is 11.5 Å². The van der Waals surface area contributed by atoms with Crippen molar-refractivity contribution in [1.29, 1.82) is 0 Å². The molecule has 0 aliphatic carbocycles. The summed E-state index contributed by atoms with van der Waals surface area (Å²) >= 11 is 0. The minimum absolute atomic E-state index is 0.644. The summed E-state index contributed by atoms with van der Waals surface area (Å²) in [5, 5.41) is 6.58. The van der Waals surface area contributed by atoms with Crippen LogP contribution in [0.4, 0.5) is 0 Å². The van der Waals surface area contributed by atoms with Crippen molar-refractivity contribution in [3.63, 3.8) is 0 Å². The molecule has 6 heteroatoms. The Balaban J connectivity index is 2.07. The summed E-state index contributed by atoms with van der Waals surface area (Å²) in [6.07, 6.45) is 3.02. The van der Waals surface area contributed by atoms with E-state index in [1.165, 1.54) is 0 Å². The molecule has 136 valence electrons. The van der Waals surface area contributed by atoms with E-state index in [1.807, 2.05) is 31.2 Å². The molecule has 1 aromatic carbocycles. The first-order valence-corrected chi connectivity index (χ1v) is 8.59. The van der Waals surface area contributed by atoms with Crippen LogP contribution in [0.1, 0.15) is 26.2 Å². The molecule has 1 rings (SSSR count). The van der Waals surface area contributed by atoms with Gasteiger partial charge in [0.05, 0.1) is 13.7 Å². The van der Waals surface area contributed by atoms with Crippen molar-refractivity contribution in [3.05, 3.63) is 24.3 Å². The van der Waals surface area contributed by atoms with Gasteiger partial charge in [-0.2, -0.15) is 0 Å². The van der Waals surface area contributed by atoms with Gasteiger partial charge < -0.3 is 24.8 Å². The smallest absolute Gasteiger partial charge is 0.190 e. The molecule has 0 fully saturated rings. The van der Waals surface area contributed by atoms with Crippen LogP contribution in [0, 0.1) is 0 Å². The van der Waals surface area contributed by atoms with Gasteiger partial charge >= 0.3 is 0 Å². The first kappa shape index (κ1) is 20.1. The molecular weight excluding hydrogens is 306 g/mol. The number of guanidine groups is 1. The van der Waals surface area contributed by atoms with E-state index in [4.69, 9.17) is 14.2 Å². The molecule has 0 heterocycles. The Morgan fingerprint density at radius 2 is 1.79 bits per heavy atom. The van der Waals surface area contributed by atoms with Crippen LogP contribution in [0.15, 0.2) is 29.3 Å². The first-order valence-electron chi connectivity index (χ1n) is 8.59. The normalized spacial score (nSPS) is 11.2. The Bertz CT molecular complexity index is 467. The highest BCUT2D eigenvalue weighted by Crippen LogP contribution is 2.18. The van der Waals surface area contributed by atoms with E-state index in [-0.39, 0.29) is 0 Å². The molecule has 2 N–H and O–H groups in total. The Morgan fingerprint density at radius 1 is 1.04 bits per heavy atom. The summed E-state index contributed by atoms with van der Waals surface area (Å²) in [5.41, 5.74) is 0. The fraction of sp³-hybridized carbons (Fsp3) is 0.611. The van der Waals surface area contributed by atoms with E-state index in [2.05, 4.69) is 15.6 Å². The van der Waals surface area contributed by atoms with Gasteiger partial charge in [-0.1, -0.05) is 6.07 Å². The zero-order valence-electron chi connectivity index (χ0n) is 15.1. The third-order valence-corrected chi connectivity index (χ3v) is 3.36. The third kappa shape index (κ3) is 9.25. The predicted octanol–water partition coefficient (Wildman–Crippen LogP) is 2.45. The molecule has 0 aliphatic heterocycles. The molecular formula is C18H31N3O3. The highest BCUT2D eigenvalue weighted by Gasteiger charge is 1.99. The molecule has 1 aromatic rings. The largest absolute Gasteiger partial charge is 0.497 e. The van der Waals surface area contributed by atoms with Crippen LogP contribution in [-0.4, -0.2) is 53.0 Å². The molecule has 0 aliphatic rings. The number of hydrogen-bond donors (Lipinski definition) is 2. The van der Waals surface area contributed by atoms with E-state index in [0.29, 0.717) is 6.61 Å². The summed E-state index contributed by atoms with van der Waals surface area (Å²) in [6, 6.07) is 7.64. The number of hydrogen-bond acceptors (Lipinski definition) is 4. The van der Waals surface area contributed by atoms with Gasteiger partial charge in [0.15, 0.2) is 5.96 Å². The Labute approximate surface area is 145 Å². The lowest BCUT2D eigenvalue weighted by Gasteiger charge is -2.12. The van der Waals surface area contributed by atoms with E-state index in [0.717, 1.165) is 63.0 Å². The van der Waals surface area contributed by atoms with Crippen LogP contribution in [0.25, 0.3) is 0 Å².